The molecule has 0 bridgehead atoms. The molecule has 1 rings (SSSR count). The number of nitrogens with two attached hydrogens (primary N) is 1. The smallest absolute Gasteiger partial charge is 0.391 e. The van der Waals surface area contributed by atoms with E-state index in [1.165, 1.54) is 13.8 Å². The molecule has 0 spiro atoms. The minimum atomic E-state index is -4.14. The van der Waals surface area contributed by atoms with Crippen LogP contribution in [0.2, 0.25) is 0 Å². The Kier molecular flexibility index (Phi) is 4.06. The molecule has 1 saturated carbocycles. The molecule has 1 aliphatic carbocycles. The summed E-state index contributed by atoms with van der Waals surface area (Å²) in [5.74, 6) is -1.82. The molecular formula is C11H18F3NO2. The number of rotatable bonds is 2. The predicted molar refractivity (Wildman–Crippen MR) is 56.2 cm³/mol. The normalized spacial score (nSPS) is 26.7. The molecule has 0 aromatic rings. The fourth-order valence-corrected chi connectivity index (χ4v) is 1.81. The van der Waals surface area contributed by atoms with E-state index >= 15 is 0 Å². The number of ether oxygens (including phenoxy) is 1. The van der Waals surface area contributed by atoms with Gasteiger partial charge in [-0.15, -0.1) is 0 Å². The van der Waals surface area contributed by atoms with Crippen LogP contribution in [0.15, 0.2) is 0 Å². The Morgan fingerprint density at radius 1 is 1.18 bits per heavy atom. The van der Waals surface area contributed by atoms with Crippen LogP contribution in [-0.2, 0) is 9.53 Å². The van der Waals surface area contributed by atoms with E-state index < -0.39 is 29.7 Å². The van der Waals surface area contributed by atoms with Crippen molar-refractivity contribution in [3.63, 3.8) is 0 Å². The molecular weight excluding hydrogens is 235 g/mol. The SMILES string of the molecule is CC(C)(N)C(=O)OC1CCC(C(F)(F)F)CC1. The number of carbonyl (C=O) groups is 1. The standard InChI is InChI=1S/C11H18F3NO2/c1-10(2,15)9(16)17-8-5-3-7(4-6-8)11(12,13)14/h7-8H,3-6,15H2,1-2H3. The first kappa shape index (κ1) is 14.3. The number of alkyl halides is 3. The highest BCUT2D eigenvalue weighted by molar-refractivity contribution is 5.79. The Labute approximate surface area is 98.5 Å². The highest BCUT2D eigenvalue weighted by Crippen LogP contribution is 2.38. The van der Waals surface area contributed by atoms with Gasteiger partial charge in [0.05, 0.1) is 5.92 Å². The van der Waals surface area contributed by atoms with Gasteiger partial charge in [0.15, 0.2) is 0 Å². The van der Waals surface area contributed by atoms with Crippen molar-refractivity contribution in [2.45, 2.75) is 57.3 Å². The maximum absolute atomic E-state index is 12.4. The molecule has 2 N–H and O–H groups in total. The van der Waals surface area contributed by atoms with Gasteiger partial charge in [-0.25, -0.2) is 0 Å². The summed E-state index contributed by atoms with van der Waals surface area (Å²) in [6, 6.07) is 0. The minimum absolute atomic E-state index is 0.0203. The van der Waals surface area contributed by atoms with Crippen molar-refractivity contribution in [1.29, 1.82) is 0 Å². The predicted octanol–water partition coefficient (Wildman–Crippen LogP) is 2.39. The van der Waals surface area contributed by atoms with Crippen LogP contribution in [0.3, 0.4) is 0 Å². The van der Waals surface area contributed by atoms with Crippen LogP contribution in [0.5, 0.6) is 0 Å². The average Bonchev–Trinajstić information content (AvgIpc) is 2.15. The summed E-state index contributed by atoms with van der Waals surface area (Å²) in [6.07, 6.45) is -4.01. The summed E-state index contributed by atoms with van der Waals surface area (Å²) in [4.78, 5) is 11.4. The second kappa shape index (κ2) is 4.84. The summed E-state index contributed by atoms with van der Waals surface area (Å²) in [6.45, 7) is 3.02. The molecule has 3 nitrogen and oxygen atoms in total. The van der Waals surface area contributed by atoms with Gasteiger partial charge >= 0.3 is 12.1 Å². The van der Waals surface area contributed by atoms with Crippen LogP contribution in [0.1, 0.15) is 39.5 Å². The van der Waals surface area contributed by atoms with Crippen molar-refractivity contribution in [2.75, 3.05) is 0 Å². The Hall–Kier alpha value is -0.780. The van der Waals surface area contributed by atoms with E-state index in [2.05, 4.69) is 0 Å². The molecule has 0 heterocycles. The minimum Gasteiger partial charge on any atom is -0.461 e. The molecule has 0 atom stereocenters. The van der Waals surface area contributed by atoms with E-state index in [0.717, 1.165) is 0 Å². The molecule has 0 saturated heterocycles. The van der Waals surface area contributed by atoms with Crippen molar-refractivity contribution in [3.05, 3.63) is 0 Å². The summed E-state index contributed by atoms with van der Waals surface area (Å²) in [5.41, 5.74) is 4.44. The maximum atomic E-state index is 12.4. The Morgan fingerprint density at radius 3 is 2.00 bits per heavy atom. The zero-order valence-electron chi connectivity index (χ0n) is 10.0. The molecule has 100 valence electrons. The maximum Gasteiger partial charge on any atom is 0.391 e. The van der Waals surface area contributed by atoms with Crippen LogP contribution in [0, 0.1) is 5.92 Å². The van der Waals surface area contributed by atoms with E-state index in [9.17, 15) is 18.0 Å². The van der Waals surface area contributed by atoms with Gasteiger partial charge in [-0.1, -0.05) is 0 Å². The number of hydrogen-bond acceptors (Lipinski definition) is 3. The zero-order chi connectivity index (χ0) is 13.3. The van der Waals surface area contributed by atoms with Crippen LogP contribution >= 0.6 is 0 Å². The fourth-order valence-electron chi connectivity index (χ4n) is 1.81. The topological polar surface area (TPSA) is 52.3 Å². The lowest BCUT2D eigenvalue weighted by molar-refractivity contribution is -0.189. The van der Waals surface area contributed by atoms with Gasteiger partial charge in [-0.3, -0.25) is 4.79 Å². The highest BCUT2D eigenvalue weighted by Gasteiger charge is 2.42. The summed E-state index contributed by atoms with van der Waals surface area (Å²) in [5, 5.41) is 0. The van der Waals surface area contributed by atoms with E-state index in [1.54, 1.807) is 0 Å². The molecule has 1 fully saturated rings. The highest BCUT2D eigenvalue weighted by atomic mass is 19.4. The fraction of sp³-hybridized carbons (Fsp3) is 0.909. The molecule has 6 heteroatoms. The van der Waals surface area contributed by atoms with Crippen LogP contribution in [0.4, 0.5) is 13.2 Å². The number of esters is 1. The van der Waals surface area contributed by atoms with E-state index in [0.29, 0.717) is 0 Å². The monoisotopic (exact) mass is 253 g/mol. The second-order valence-corrected chi connectivity index (χ2v) is 5.14. The molecule has 0 aliphatic heterocycles. The van der Waals surface area contributed by atoms with Gasteiger partial charge in [-0.05, 0) is 39.5 Å². The zero-order valence-corrected chi connectivity index (χ0v) is 10.0. The quantitative estimate of drug-likeness (QED) is 0.769. The summed E-state index contributed by atoms with van der Waals surface area (Å²) in [7, 11) is 0. The third-order valence-electron chi connectivity index (χ3n) is 2.94. The molecule has 0 aromatic carbocycles. The van der Waals surface area contributed by atoms with E-state index in [1.807, 2.05) is 0 Å². The Bertz CT molecular complexity index is 275. The molecule has 0 unspecified atom stereocenters. The van der Waals surface area contributed by atoms with Gasteiger partial charge in [0.2, 0.25) is 0 Å². The van der Waals surface area contributed by atoms with Crippen molar-refractivity contribution >= 4 is 5.97 Å². The lowest BCUT2D eigenvalue weighted by Crippen LogP contribution is -2.45. The Balaban J connectivity index is 2.41. The van der Waals surface area contributed by atoms with Crippen LogP contribution in [0.25, 0.3) is 0 Å². The van der Waals surface area contributed by atoms with Crippen molar-refractivity contribution in [3.8, 4) is 0 Å². The number of carbonyl (C=O) groups excluding carboxylic acids is 1. The van der Waals surface area contributed by atoms with Gasteiger partial charge in [-0.2, -0.15) is 13.2 Å². The molecule has 1 aliphatic rings. The average molecular weight is 253 g/mol. The first-order valence-corrected chi connectivity index (χ1v) is 5.67. The van der Waals surface area contributed by atoms with Gasteiger partial charge in [0.25, 0.3) is 0 Å². The number of halogens is 3. The lowest BCUT2D eigenvalue weighted by Gasteiger charge is -2.31. The molecule has 0 radical (unpaired) electrons. The summed E-state index contributed by atoms with van der Waals surface area (Å²) < 4.78 is 42.3. The Morgan fingerprint density at radius 2 is 1.65 bits per heavy atom. The number of hydrogen-bond donors (Lipinski definition) is 1. The van der Waals surface area contributed by atoms with Crippen molar-refractivity contribution in [2.24, 2.45) is 11.7 Å². The lowest BCUT2D eigenvalue weighted by atomic mass is 9.87. The third-order valence-corrected chi connectivity index (χ3v) is 2.94. The van der Waals surface area contributed by atoms with Gasteiger partial charge < -0.3 is 10.5 Å². The summed E-state index contributed by atoms with van der Waals surface area (Å²) >= 11 is 0. The van der Waals surface area contributed by atoms with Crippen molar-refractivity contribution < 1.29 is 22.7 Å². The van der Waals surface area contributed by atoms with Gasteiger partial charge in [0, 0.05) is 0 Å². The third kappa shape index (κ3) is 4.18. The molecule has 17 heavy (non-hydrogen) atoms. The van der Waals surface area contributed by atoms with E-state index in [-0.39, 0.29) is 25.7 Å². The van der Waals surface area contributed by atoms with E-state index in [4.69, 9.17) is 10.5 Å². The molecule has 0 amide bonds. The first-order chi connectivity index (χ1) is 7.60. The second-order valence-electron chi connectivity index (χ2n) is 5.14. The first-order valence-electron chi connectivity index (χ1n) is 5.67. The largest absolute Gasteiger partial charge is 0.461 e. The van der Waals surface area contributed by atoms with Gasteiger partial charge in [0.1, 0.15) is 11.6 Å². The van der Waals surface area contributed by atoms with Crippen LogP contribution < -0.4 is 5.73 Å². The van der Waals surface area contributed by atoms with Crippen molar-refractivity contribution in [1.82, 2.24) is 0 Å². The molecule has 0 aromatic heterocycles. The van der Waals surface area contributed by atoms with Crippen LogP contribution in [-0.4, -0.2) is 23.8 Å².